The Labute approximate surface area is 150 Å². The highest BCUT2D eigenvalue weighted by Crippen LogP contribution is 2.35. The standard InChI is InChI=1S/C18H18N4O2S/c1-22-17(13-9-6-10-14(11-13)24-2)20-21-18(22)25-15(16(19)23)12-7-4-3-5-8-12/h3-11,15H,1-2H3,(H2,19,23). The maximum atomic E-state index is 11.9. The molecule has 3 rings (SSSR count). The van der Waals surface area contributed by atoms with Gasteiger partial charge < -0.3 is 15.0 Å². The third-order valence-corrected chi connectivity index (χ3v) is 5.05. The highest BCUT2D eigenvalue weighted by atomic mass is 32.2. The molecule has 7 heteroatoms. The summed E-state index contributed by atoms with van der Waals surface area (Å²) in [5.74, 6) is 1.02. The molecule has 0 aliphatic carbocycles. The number of amides is 1. The highest BCUT2D eigenvalue weighted by Gasteiger charge is 2.23. The molecule has 1 aromatic heterocycles. The molecule has 0 spiro atoms. The van der Waals surface area contributed by atoms with Crippen LogP contribution in [0.1, 0.15) is 10.8 Å². The van der Waals surface area contributed by atoms with E-state index in [4.69, 9.17) is 10.5 Å². The van der Waals surface area contributed by atoms with Crippen LogP contribution in [-0.4, -0.2) is 27.8 Å². The summed E-state index contributed by atoms with van der Waals surface area (Å²) >= 11 is 1.29. The number of aromatic nitrogens is 3. The van der Waals surface area contributed by atoms with E-state index in [1.807, 2.05) is 66.2 Å². The minimum Gasteiger partial charge on any atom is -0.497 e. The van der Waals surface area contributed by atoms with Gasteiger partial charge >= 0.3 is 0 Å². The number of nitrogens with two attached hydrogens (primary N) is 1. The van der Waals surface area contributed by atoms with Crippen LogP contribution in [-0.2, 0) is 11.8 Å². The van der Waals surface area contributed by atoms with Crippen LogP contribution < -0.4 is 10.5 Å². The van der Waals surface area contributed by atoms with Gasteiger partial charge in [-0.1, -0.05) is 54.2 Å². The zero-order valence-corrected chi connectivity index (χ0v) is 14.7. The Morgan fingerprint density at radius 1 is 1.16 bits per heavy atom. The lowest BCUT2D eigenvalue weighted by molar-refractivity contribution is -0.117. The molecule has 2 aromatic carbocycles. The first-order chi connectivity index (χ1) is 12.1. The smallest absolute Gasteiger partial charge is 0.235 e. The molecular formula is C18H18N4O2S. The lowest BCUT2D eigenvalue weighted by atomic mass is 10.1. The van der Waals surface area contributed by atoms with Crippen LogP contribution in [0.25, 0.3) is 11.4 Å². The fraction of sp³-hybridized carbons (Fsp3) is 0.167. The number of hydrogen-bond acceptors (Lipinski definition) is 5. The normalized spacial score (nSPS) is 11.9. The third-order valence-electron chi connectivity index (χ3n) is 3.75. The van der Waals surface area contributed by atoms with Crippen LogP contribution in [0.5, 0.6) is 5.75 Å². The summed E-state index contributed by atoms with van der Waals surface area (Å²) in [7, 11) is 3.48. The van der Waals surface area contributed by atoms with E-state index in [2.05, 4.69) is 10.2 Å². The number of thioether (sulfide) groups is 1. The van der Waals surface area contributed by atoms with E-state index in [0.29, 0.717) is 11.0 Å². The number of hydrogen-bond donors (Lipinski definition) is 1. The van der Waals surface area contributed by atoms with Crippen molar-refractivity contribution in [1.82, 2.24) is 14.8 Å². The van der Waals surface area contributed by atoms with E-state index in [0.717, 1.165) is 16.9 Å². The summed E-state index contributed by atoms with van der Waals surface area (Å²) < 4.78 is 7.10. The molecule has 0 radical (unpaired) electrons. The van der Waals surface area contributed by atoms with Gasteiger partial charge in [-0.3, -0.25) is 4.79 Å². The number of primary amides is 1. The minimum atomic E-state index is -0.526. The summed E-state index contributed by atoms with van der Waals surface area (Å²) in [6.07, 6.45) is 0. The molecule has 0 saturated carbocycles. The Morgan fingerprint density at radius 3 is 2.60 bits per heavy atom. The van der Waals surface area contributed by atoms with Gasteiger partial charge in [-0.2, -0.15) is 0 Å². The zero-order valence-electron chi connectivity index (χ0n) is 13.9. The topological polar surface area (TPSA) is 83.0 Å². The first kappa shape index (κ1) is 17.0. The first-order valence-electron chi connectivity index (χ1n) is 7.65. The van der Waals surface area contributed by atoms with Gasteiger partial charge in [-0.15, -0.1) is 10.2 Å². The van der Waals surface area contributed by atoms with Gasteiger partial charge in [0.05, 0.1) is 7.11 Å². The monoisotopic (exact) mass is 354 g/mol. The third kappa shape index (κ3) is 3.66. The van der Waals surface area contributed by atoms with E-state index in [-0.39, 0.29) is 0 Å². The number of carbonyl (C=O) groups excluding carboxylic acids is 1. The molecule has 1 atom stereocenters. The van der Waals surface area contributed by atoms with E-state index in [1.165, 1.54) is 11.8 Å². The van der Waals surface area contributed by atoms with E-state index in [9.17, 15) is 4.79 Å². The minimum absolute atomic E-state index is 0.415. The van der Waals surface area contributed by atoms with Crippen molar-refractivity contribution in [3.8, 4) is 17.1 Å². The Kier molecular flexibility index (Phi) is 5.04. The number of ether oxygens (including phenoxy) is 1. The SMILES string of the molecule is COc1cccc(-c2nnc(SC(C(N)=O)c3ccccc3)n2C)c1. The molecule has 6 nitrogen and oxygen atoms in total. The number of nitrogens with zero attached hydrogens (tertiary/aromatic N) is 3. The predicted molar refractivity (Wildman–Crippen MR) is 97.2 cm³/mol. The summed E-state index contributed by atoms with van der Waals surface area (Å²) in [5, 5.41) is 8.57. The van der Waals surface area contributed by atoms with Crippen molar-refractivity contribution in [2.75, 3.05) is 7.11 Å². The van der Waals surface area contributed by atoms with Gasteiger partial charge in [0.2, 0.25) is 5.91 Å². The van der Waals surface area contributed by atoms with Crippen molar-refractivity contribution in [3.63, 3.8) is 0 Å². The van der Waals surface area contributed by atoms with Gasteiger partial charge in [0.25, 0.3) is 0 Å². The molecule has 25 heavy (non-hydrogen) atoms. The fourth-order valence-electron chi connectivity index (χ4n) is 2.45. The summed E-state index contributed by atoms with van der Waals surface area (Å²) in [5.41, 5.74) is 7.31. The van der Waals surface area contributed by atoms with Crippen LogP contribution in [0.4, 0.5) is 0 Å². The van der Waals surface area contributed by atoms with E-state index >= 15 is 0 Å². The lowest BCUT2D eigenvalue weighted by Gasteiger charge is -2.13. The Bertz CT molecular complexity index is 880. The highest BCUT2D eigenvalue weighted by molar-refractivity contribution is 8.00. The zero-order chi connectivity index (χ0) is 17.8. The van der Waals surface area contributed by atoms with Crippen molar-refractivity contribution in [3.05, 3.63) is 60.2 Å². The summed E-state index contributed by atoms with van der Waals surface area (Å²) in [6.45, 7) is 0. The van der Waals surface area contributed by atoms with Gasteiger partial charge in [-0.05, 0) is 17.7 Å². The van der Waals surface area contributed by atoms with Crippen molar-refractivity contribution >= 4 is 17.7 Å². The Hall–Kier alpha value is -2.80. The summed E-state index contributed by atoms with van der Waals surface area (Å²) in [4.78, 5) is 11.9. The van der Waals surface area contributed by atoms with Crippen LogP contribution in [0, 0.1) is 0 Å². The van der Waals surface area contributed by atoms with E-state index < -0.39 is 11.2 Å². The van der Waals surface area contributed by atoms with E-state index in [1.54, 1.807) is 7.11 Å². The summed E-state index contributed by atoms with van der Waals surface area (Å²) in [6, 6.07) is 17.0. The van der Waals surface area contributed by atoms with Gasteiger partial charge in [-0.25, -0.2) is 0 Å². The maximum Gasteiger partial charge on any atom is 0.235 e. The molecule has 3 aromatic rings. The molecule has 0 aliphatic rings. The van der Waals surface area contributed by atoms with Crippen molar-refractivity contribution in [2.24, 2.45) is 12.8 Å². The van der Waals surface area contributed by atoms with Crippen molar-refractivity contribution in [1.29, 1.82) is 0 Å². The average molecular weight is 354 g/mol. The van der Waals surface area contributed by atoms with Crippen LogP contribution in [0.15, 0.2) is 59.8 Å². The number of methoxy groups -OCH3 is 1. The quantitative estimate of drug-likeness (QED) is 0.688. The first-order valence-corrected chi connectivity index (χ1v) is 8.53. The van der Waals surface area contributed by atoms with Crippen LogP contribution >= 0.6 is 11.8 Å². The number of benzene rings is 2. The molecule has 0 aliphatic heterocycles. The molecule has 128 valence electrons. The molecule has 1 unspecified atom stereocenters. The molecule has 2 N–H and O–H groups in total. The van der Waals surface area contributed by atoms with Gasteiger partial charge in [0.1, 0.15) is 11.0 Å². The van der Waals surface area contributed by atoms with Gasteiger partial charge in [0, 0.05) is 12.6 Å². The molecule has 1 amide bonds. The molecule has 0 saturated heterocycles. The number of carbonyl (C=O) groups is 1. The van der Waals surface area contributed by atoms with Gasteiger partial charge in [0.15, 0.2) is 11.0 Å². The molecule has 0 fully saturated rings. The molecule has 1 heterocycles. The van der Waals surface area contributed by atoms with Crippen LogP contribution in [0.3, 0.4) is 0 Å². The Morgan fingerprint density at radius 2 is 1.92 bits per heavy atom. The number of rotatable bonds is 6. The van der Waals surface area contributed by atoms with Crippen molar-refractivity contribution in [2.45, 2.75) is 10.4 Å². The average Bonchev–Trinajstić information content (AvgIpc) is 3.00. The second kappa shape index (κ2) is 7.40. The Balaban J connectivity index is 1.91. The lowest BCUT2D eigenvalue weighted by Crippen LogP contribution is -2.19. The largest absolute Gasteiger partial charge is 0.497 e. The second-order valence-electron chi connectivity index (χ2n) is 5.41. The second-order valence-corrected chi connectivity index (χ2v) is 6.48. The molecule has 0 bridgehead atoms. The molecular weight excluding hydrogens is 336 g/mol. The van der Waals surface area contributed by atoms with Crippen molar-refractivity contribution < 1.29 is 9.53 Å². The predicted octanol–water partition coefficient (Wildman–Crippen LogP) is 2.81. The van der Waals surface area contributed by atoms with Crippen LogP contribution in [0.2, 0.25) is 0 Å². The fourth-order valence-corrected chi connectivity index (χ4v) is 3.41. The maximum absolute atomic E-state index is 11.9.